The van der Waals surface area contributed by atoms with Crippen LogP contribution >= 0.6 is 0 Å². The molecule has 2 aromatic rings. The molecule has 1 aromatic heterocycles. The molecule has 104 valence electrons. The monoisotopic (exact) mass is 277 g/mol. The number of carbonyl (C=O) groups is 1. The molecule has 20 heavy (non-hydrogen) atoms. The Bertz CT molecular complexity index is 586. The summed E-state index contributed by atoms with van der Waals surface area (Å²) in [7, 11) is 0. The molecule has 1 aromatic carbocycles. The third-order valence-corrected chi connectivity index (χ3v) is 2.39. The van der Waals surface area contributed by atoms with E-state index in [-0.39, 0.29) is 24.6 Å². The summed E-state index contributed by atoms with van der Waals surface area (Å²) in [4.78, 5) is 14.5. The molecule has 1 heterocycles. The first-order valence-electron chi connectivity index (χ1n) is 5.84. The first kappa shape index (κ1) is 13.8. The maximum Gasteiger partial charge on any atom is 0.337 e. The van der Waals surface area contributed by atoms with E-state index in [1.54, 1.807) is 0 Å². The third kappa shape index (κ3) is 3.94. The van der Waals surface area contributed by atoms with E-state index in [4.69, 9.17) is 14.6 Å². The summed E-state index contributed by atoms with van der Waals surface area (Å²) in [6, 6.07) is 7.02. The lowest BCUT2D eigenvalue weighted by atomic mass is 10.3. The van der Waals surface area contributed by atoms with Crippen molar-refractivity contribution in [3.8, 4) is 11.5 Å². The summed E-state index contributed by atoms with van der Waals surface area (Å²) >= 11 is 0. The van der Waals surface area contributed by atoms with Crippen molar-refractivity contribution < 1.29 is 23.8 Å². The van der Waals surface area contributed by atoms with Crippen LogP contribution in [0.5, 0.6) is 11.5 Å². The minimum atomic E-state index is -1.06. The van der Waals surface area contributed by atoms with E-state index < -0.39 is 5.97 Å². The van der Waals surface area contributed by atoms with Crippen molar-refractivity contribution >= 4 is 5.97 Å². The highest BCUT2D eigenvalue weighted by Gasteiger charge is 2.04. The average Bonchev–Trinajstić information content (AvgIpc) is 2.46. The lowest BCUT2D eigenvalue weighted by Crippen LogP contribution is -2.09. The number of halogens is 1. The van der Waals surface area contributed by atoms with Gasteiger partial charge in [0.15, 0.2) is 0 Å². The second-order valence-corrected chi connectivity index (χ2v) is 3.87. The quantitative estimate of drug-likeness (QED) is 0.821. The van der Waals surface area contributed by atoms with E-state index in [2.05, 4.69) is 4.98 Å². The Morgan fingerprint density at radius 3 is 2.40 bits per heavy atom. The fourth-order valence-electron chi connectivity index (χ4n) is 1.46. The molecule has 1 N–H and O–H groups in total. The highest BCUT2D eigenvalue weighted by molar-refractivity contribution is 5.87. The second kappa shape index (κ2) is 6.51. The van der Waals surface area contributed by atoms with Gasteiger partial charge in [-0.2, -0.15) is 0 Å². The zero-order valence-electron chi connectivity index (χ0n) is 10.5. The Labute approximate surface area is 114 Å². The smallest absolute Gasteiger partial charge is 0.337 e. The molecule has 0 atom stereocenters. The third-order valence-electron chi connectivity index (χ3n) is 2.39. The lowest BCUT2D eigenvalue weighted by Gasteiger charge is -2.08. The highest BCUT2D eigenvalue weighted by Crippen LogP contribution is 2.13. The summed E-state index contributed by atoms with van der Waals surface area (Å²) in [6.45, 7) is 0.477. The number of carboxylic acids is 1. The predicted octanol–water partition coefficient (Wildman–Crippen LogP) is 2.38. The fourth-order valence-corrected chi connectivity index (χ4v) is 1.46. The standard InChI is InChI=1S/C14H12FNO4/c15-11-1-3-12(4-2-11)19-5-6-20-13-7-10(14(17)18)8-16-9-13/h1-4,7-9H,5-6H2,(H,17,18). The van der Waals surface area contributed by atoms with Crippen molar-refractivity contribution in [3.05, 3.63) is 54.1 Å². The number of hydrogen-bond acceptors (Lipinski definition) is 4. The van der Waals surface area contributed by atoms with E-state index in [0.717, 1.165) is 0 Å². The number of hydrogen-bond donors (Lipinski definition) is 1. The Balaban J connectivity index is 1.79. The Morgan fingerprint density at radius 2 is 1.75 bits per heavy atom. The number of aromatic nitrogens is 1. The number of carboxylic acid groups (broad SMARTS) is 1. The van der Waals surface area contributed by atoms with Crippen LogP contribution in [0.3, 0.4) is 0 Å². The van der Waals surface area contributed by atoms with Crippen LogP contribution in [0.4, 0.5) is 4.39 Å². The number of benzene rings is 1. The molecule has 0 spiro atoms. The summed E-state index contributed by atoms with van der Waals surface area (Å²) in [6.07, 6.45) is 2.66. The van der Waals surface area contributed by atoms with Gasteiger partial charge in [0.05, 0.1) is 11.8 Å². The Kier molecular flexibility index (Phi) is 4.49. The number of pyridine rings is 1. The van der Waals surface area contributed by atoms with Crippen molar-refractivity contribution in [3.63, 3.8) is 0 Å². The van der Waals surface area contributed by atoms with Crippen molar-refractivity contribution in [1.82, 2.24) is 4.98 Å². The average molecular weight is 277 g/mol. The molecule has 0 unspecified atom stereocenters. The van der Waals surface area contributed by atoms with E-state index in [9.17, 15) is 9.18 Å². The van der Waals surface area contributed by atoms with Crippen LogP contribution in [0.2, 0.25) is 0 Å². The van der Waals surface area contributed by atoms with Gasteiger partial charge in [-0.1, -0.05) is 0 Å². The number of aromatic carboxylic acids is 1. The lowest BCUT2D eigenvalue weighted by molar-refractivity contribution is 0.0696. The maximum atomic E-state index is 12.7. The normalized spacial score (nSPS) is 10.1. The van der Waals surface area contributed by atoms with Crippen LogP contribution in [0, 0.1) is 5.82 Å². The van der Waals surface area contributed by atoms with Gasteiger partial charge >= 0.3 is 5.97 Å². The maximum absolute atomic E-state index is 12.7. The fraction of sp³-hybridized carbons (Fsp3) is 0.143. The van der Waals surface area contributed by atoms with E-state index in [1.807, 2.05) is 0 Å². The SMILES string of the molecule is O=C(O)c1cncc(OCCOc2ccc(F)cc2)c1. The minimum absolute atomic E-state index is 0.0574. The molecule has 0 saturated heterocycles. The highest BCUT2D eigenvalue weighted by atomic mass is 19.1. The van der Waals surface area contributed by atoms with Crippen molar-refractivity contribution in [2.45, 2.75) is 0 Å². The summed E-state index contributed by atoms with van der Waals surface area (Å²) in [5.74, 6) is -0.504. The van der Waals surface area contributed by atoms with Crippen molar-refractivity contribution in [2.75, 3.05) is 13.2 Å². The van der Waals surface area contributed by atoms with Gasteiger partial charge in [-0.3, -0.25) is 4.98 Å². The largest absolute Gasteiger partial charge is 0.490 e. The van der Waals surface area contributed by atoms with Crippen LogP contribution in [0.15, 0.2) is 42.7 Å². The van der Waals surface area contributed by atoms with Crippen LogP contribution in [-0.4, -0.2) is 29.3 Å². The molecular formula is C14H12FNO4. The molecule has 0 aliphatic heterocycles. The molecule has 5 nitrogen and oxygen atoms in total. The van der Waals surface area contributed by atoms with Crippen molar-refractivity contribution in [2.24, 2.45) is 0 Å². The van der Waals surface area contributed by atoms with E-state index in [1.165, 1.54) is 42.7 Å². The summed E-state index contributed by atoms with van der Waals surface area (Å²) in [5.41, 5.74) is 0.0574. The molecule has 0 fully saturated rings. The minimum Gasteiger partial charge on any atom is -0.490 e. The van der Waals surface area contributed by atoms with Gasteiger partial charge < -0.3 is 14.6 Å². The van der Waals surface area contributed by atoms with Gasteiger partial charge in [-0.25, -0.2) is 9.18 Å². The molecule has 6 heteroatoms. The zero-order valence-corrected chi connectivity index (χ0v) is 10.5. The summed E-state index contributed by atoms with van der Waals surface area (Å²) < 4.78 is 23.3. The molecule has 2 rings (SSSR count). The van der Waals surface area contributed by atoms with E-state index in [0.29, 0.717) is 11.5 Å². The number of rotatable bonds is 6. The molecule has 0 saturated carbocycles. The predicted molar refractivity (Wildman–Crippen MR) is 68.6 cm³/mol. The molecular weight excluding hydrogens is 265 g/mol. The number of nitrogens with zero attached hydrogens (tertiary/aromatic N) is 1. The first-order chi connectivity index (χ1) is 9.65. The molecule has 0 amide bonds. The van der Waals surface area contributed by atoms with Crippen molar-refractivity contribution in [1.29, 1.82) is 0 Å². The van der Waals surface area contributed by atoms with Gasteiger partial charge in [-0.05, 0) is 30.3 Å². The van der Waals surface area contributed by atoms with Crippen LogP contribution in [0.25, 0.3) is 0 Å². The topological polar surface area (TPSA) is 68.7 Å². The number of ether oxygens (including phenoxy) is 2. The van der Waals surface area contributed by atoms with Gasteiger partial charge in [0, 0.05) is 6.20 Å². The molecule has 0 bridgehead atoms. The summed E-state index contributed by atoms with van der Waals surface area (Å²) in [5, 5.41) is 8.80. The molecule has 0 radical (unpaired) electrons. The Morgan fingerprint density at radius 1 is 1.10 bits per heavy atom. The van der Waals surface area contributed by atoms with Crippen LogP contribution < -0.4 is 9.47 Å². The molecule has 0 aliphatic rings. The van der Waals surface area contributed by atoms with Gasteiger partial charge in [-0.15, -0.1) is 0 Å². The second-order valence-electron chi connectivity index (χ2n) is 3.87. The Hall–Kier alpha value is -2.63. The molecule has 0 aliphatic carbocycles. The van der Waals surface area contributed by atoms with Crippen LogP contribution in [0.1, 0.15) is 10.4 Å². The van der Waals surface area contributed by atoms with Crippen LogP contribution in [-0.2, 0) is 0 Å². The zero-order chi connectivity index (χ0) is 14.4. The van der Waals surface area contributed by atoms with E-state index >= 15 is 0 Å². The van der Waals surface area contributed by atoms with Gasteiger partial charge in [0.2, 0.25) is 0 Å². The van der Waals surface area contributed by atoms with Gasteiger partial charge in [0.25, 0.3) is 0 Å². The van der Waals surface area contributed by atoms with Gasteiger partial charge in [0.1, 0.15) is 30.5 Å². The first-order valence-corrected chi connectivity index (χ1v) is 5.84.